The van der Waals surface area contributed by atoms with Gasteiger partial charge in [-0.15, -0.1) is 0 Å². The lowest BCUT2D eigenvalue weighted by molar-refractivity contribution is -0.123. The molecule has 142 valence electrons. The Morgan fingerprint density at radius 2 is 1.81 bits per heavy atom. The summed E-state index contributed by atoms with van der Waals surface area (Å²) in [5.41, 5.74) is 2.78. The van der Waals surface area contributed by atoms with E-state index in [-0.39, 0.29) is 24.3 Å². The van der Waals surface area contributed by atoms with E-state index < -0.39 is 0 Å². The van der Waals surface area contributed by atoms with Crippen LogP contribution in [0.4, 0.5) is 5.69 Å². The molecule has 6 nitrogen and oxygen atoms in total. The molecule has 2 amide bonds. The summed E-state index contributed by atoms with van der Waals surface area (Å²) in [7, 11) is 1.57. The third kappa shape index (κ3) is 5.48. The van der Waals surface area contributed by atoms with Gasteiger partial charge in [0.2, 0.25) is 5.91 Å². The van der Waals surface area contributed by atoms with Gasteiger partial charge in [0.1, 0.15) is 0 Å². The second-order valence-electron chi connectivity index (χ2n) is 6.68. The highest BCUT2D eigenvalue weighted by Gasteiger charge is 2.29. The van der Waals surface area contributed by atoms with E-state index in [0.29, 0.717) is 18.0 Å². The molecule has 0 heterocycles. The fraction of sp³-hybridized carbons (Fsp3) is 0.333. The molecule has 2 aromatic rings. The van der Waals surface area contributed by atoms with Crippen LogP contribution in [-0.2, 0) is 16.1 Å². The molecule has 0 radical (unpaired) electrons. The fourth-order valence-corrected chi connectivity index (χ4v) is 2.58. The average molecular weight is 368 g/mol. The summed E-state index contributed by atoms with van der Waals surface area (Å²) < 4.78 is 10.8. The number of rotatable bonds is 8. The van der Waals surface area contributed by atoms with Gasteiger partial charge >= 0.3 is 0 Å². The van der Waals surface area contributed by atoms with E-state index in [1.807, 2.05) is 43.3 Å². The third-order valence-corrected chi connectivity index (χ3v) is 4.34. The van der Waals surface area contributed by atoms with Gasteiger partial charge in [-0.05, 0) is 55.2 Å². The van der Waals surface area contributed by atoms with Crippen LogP contribution in [-0.4, -0.2) is 25.5 Å². The minimum Gasteiger partial charge on any atom is -0.493 e. The van der Waals surface area contributed by atoms with Gasteiger partial charge in [-0.1, -0.05) is 18.2 Å². The predicted molar refractivity (Wildman–Crippen MR) is 103 cm³/mol. The monoisotopic (exact) mass is 368 g/mol. The summed E-state index contributed by atoms with van der Waals surface area (Å²) in [6.07, 6.45) is 1.96. The Kier molecular flexibility index (Phi) is 5.96. The van der Waals surface area contributed by atoms with Crippen LogP contribution in [0.5, 0.6) is 11.5 Å². The molecule has 0 saturated heterocycles. The van der Waals surface area contributed by atoms with Gasteiger partial charge in [-0.3, -0.25) is 9.59 Å². The van der Waals surface area contributed by atoms with Crippen LogP contribution in [0.15, 0.2) is 42.5 Å². The van der Waals surface area contributed by atoms with Crippen LogP contribution in [0.3, 0.4) is 0 Å². The van der Waals surface area contributed by atoms with Crippen LogP contribution in [0.25, 0.3) is 0 Å². The number of carbonyl (C=O) groups excluding carboxylic acids is 2. The van der Waals surface area contributed by atoms with Crippen LogP contribution in [0.2, 0.25) is 0 Å². The molecule has 6 heteroatoms. The first-order chi connectivity index (χ1) is 13.0. The molecule has 2 N–H and O–H groups in total. The average Bonchev–Trinajstić information content (AvgIpc) is 3.51. The van der Waals surface area contributed by atoms with E-state index >= 15 is 0 Å². The maximum Gasteiger partial charge on any atom is 0.258 e. The molecule has 0 atom stereocenters. The Morgan fingerprint density at radius 1 is 1.07 bits per heavy atom. The molecule has 0 aromatic heterocycles. The maximum atomic E-state index is 12.0. The van der Waals surface area contributed by atoms with Gasteiger partial charge in [0.25, 0.3) is 5.91 Å². The zero-order chi connectivity index (χ0) is 19.2. The van der Waals surface area contributed by atoms with Crippen molar-refractivity contribution in [3.05, 3.63) is 53.6 Å². The highest BCUT2D eigenvalue weighted by molar-refractivity contribution is 5.94. The molecular formula is C21H24N2O4. The molecule has 1 aliphatic rings. The normalized spacial score (nSPS) is 13.0. The minimum atomic E-state index is -0.219. The van der Waals surface area contributed by atoms with E-state index in [4.69, 9.17) is 9.47 Å². The van der Waals surface area contributed by atoms with Crippen LogP contribution < -0.4 is 20.1 Å². The molecule has 0 unspecified atom stereocenters. The highest BCUT2D eigenvalue weighted by Crippen LogP contribution is 2.30. The van der Waals surface area contributed by atoms with Crippen LogP contribution >= 0.6 is 0 Å². The topological polar surface area (TPSA) is 76.7 Å². The number of ether oxygens (including phenoxy) is 2. The van der Waals surface area contributed by atoms with Crippen LogP contribution in [0.1, 0.15) is 24.0 Å². The van der Waals surface area contributed by atoms with Gasteiger partial charge < -0.3 is 20.1 Å². The molecular weight excluding hydrogens is 344 g/mol. The lowest BCUT2D eigenvalue weighted by atomic mass is 10.2. The Hall–Kier alpha value is -3.02. The zero-order valence-corrected chi connectivity index (χ0v) is 15.6. The second kappa shape index (κ2) is 8.58. The number of nitrogens with one attached hydrogen (secondary N) is 2. The van der Waals surface area contributed by atoms with Crippen molar-refractivity contribution < 1.29 is 19.1 Å². The Morgan fingerprint density at radius 3 is 2.48 bits per heavy atom. The molecule has 2 aromatic carbocycles. The van der Waals surface area contributed by atoms with Crippen molar-refractivity contribution in [1.29, 1.82) is 0 Å². The summed E-state index contributed by atoms with van der Waals surface area (Å²) in [6, 6.07) is 13.0. The van der Waals surface area contributed by atoms with Crippen molar-refractivity contribution >= 4 is 17.5 Å². The number of hydrogen-bond acceptors (Lipinski definition) is 4. The van der Waals surface area contributed by atoms with Crippen molar-refractivity contribution in [3.8, 4) is 11.5 Å². The van der Waals surface area contributed by atoms with Crippen molar-refractivity contribution in [2.75, 3.05) is 19.0 Å². The molecule has 1 saturated carbocycles. The van der Waals surface area contributed by atoms with Crippen molar-refractivity contribution in [1.82, 2.24) is 5.32 Å². The van der Waals surface area contributed by atoms with E-state index in [2.05, 4.69) is 10.6 Å². The van der Waals surface area contributed by atoms with Crippen molar-refractivity contribution in [3.63, 3.8) is 0 Å². The number of carbonyl (C=O) groups is 2. The summed E-state index contributed by atoms with van der Waals surface area (Å²) in [5, 5.41) is 5.71. The van der Waals surface area contributed by atoms with Gasteiger partial charge in [0.05, 0.1) is 7.11 Å². The molecule has 3 rings (SSSR count). The van der Waals surface area contributed by atoms with E-state index in [0.717, 1.165) is 29.7 Å². The zero-order valence-electron chi connectivity index (χ0n) is 15.6. The first kappa shape index (κ1) is 18.8. The second-order valence-corrected chi connectivity index (χ2v) is 6.68. The third-order valence-electron chi connectivity index (χ3n) is 4.34. The summed E-state index contributed by atoms with van der Waals surface area (Å²) in [5.74, 6) is 1.18. The summed E-state index contributed by atoms with van der Waals surface area (Å²) in [4.78, 5) is 23.8. The van der Waals surface area contributed by atoms with Gasteiger partial charge in [-0.2, -0.15) is 0 Å². The molecule has 1 fully saturated rings. The largest absolute Gasteiger partial charge is 0.493 e. The number of hydrogen-bond donors (Lipinski definition) is 2. The fourth-order valence-electron chi connectivity index (χ4n) is 2.58. The van der Waals surface area contributed by atoms with Crippen LogP contribution in [0, 0.1) is 12.8 Å². The van der Waals surface area contributed by atoms with Gasteiger partial charge in [0, 0.05) is 18.2 Å². The highest BCUT2D eigenvalue weighted by atomic mass is 16.5. The Labute approximate surface area is 158 Å². The lowest BCUT2D eigenvalue weighted by Gasteiger charge is -2.11. The number of amides is 2. The molecule has 0 aliphatic heterocycles. The Bertz CT molecular complexity index is 813. The molecule has 0 bridgehead atoms. The van der Waals surface area contributed by atoms with E-state index in [1.165, 1.54) is 0 Å². The van der Waals surface area contributed by atoms with Gasteiger partial charge in [-0.25, -0.2) is 0 Å². The number of benzene rings is 2. The van der Waals surface area contributed by atoms with Gasteiger partial charge in [0.15, 0.2) is 18.1 Å². The minimum absolute atomic E-state index is 0.0831. The first-order valence-electron chi connectivity index (χ1n) is 8.99. The smallest absolute Gasteiger partial charge is 0.258 e. The summed E-state index contributed by atoms with van der Waals surface area (Å²) in [6.45, 7) is 2.26. The van der Waals surface area contributed by atoms with Crippen molar-refractivity contribution in [2.45, 2.75) is 26.3 Å². The Balaban J connectivity index is 1.44. The molecule has 27 heavy (non-hydrogen) atoms. The van der Waals surface area contributed by atoms with E-state index in [1.54, 1.807) is 13.2 Å². The standard InChI is InChI=1S/C21H24N2O4/c1-14-3-10-18(19(11-14)26-2)27-13-20(24)22-12-15-4-8-17(9-5-15)23-21(25)16-6-7-16/h3-5,8-11,16H,6-7,12-13H2,1-2H3,(H,22,24)(H,23,25). The van der Waals surface area contributed by atoms with Crippen molar-refractivity contribution in [2.24, 2.45) is 5.92 Å². The number of aryl methyl sites for hydroxylation is 1. The molecule has 0 spiro atoms. The predicted octanol–water partition coefficient (Wildman–Crippen LogP) is 3.05. The van der Waals surface area contributed by atoms with E-state index in [9.17, 15) is 9.59 Å². The number of methoxy groups -OCH3 is 1. The SMILES string of the molecule is COc1cc(C)ccc1OCC(=O)NCc1ccc(NC(=O)C2CC2)cc1. The maximum absolute atomic E-state index is 12.0. The first-order valence-corrected chi connectivity index (χ1v) is 8.99. The lowest BCUT2D eigenvalue weighted by Crippen LogP contribution is -2.28. The number of anilines is 1. The molecule has 1 aliphatic carbocycles. The summed E-state index contributed by atoms with van der Waals surface area (Å²) >= 11 is 0. The quantitative estimate of drug-likeness (QED) is 0.751.